The summed E-state index contributed by atoms with van der Waals surface area (Å²) in [7, 11) is 1.88. The normalized spacial score (nSPS) is 12.9. The quantitative estimate of drug-likeness (QED) is 0.703. The van der Waals surface area contributed by atoms with E-state index in [1.165, 1.54) is 6.42 Å². The average Bonchev–Trinajstić information content (AvgIpc) is 2.16. The molecule has 0 aromatic carbocycles. The van der Waals surface area contributed by atoms with E-state index in [4.69, 9.17) is 5.73 Å². The minimum atomic E-state index is 0.219. The molecule has 0 saturated heterocycles. The van der Waals surface area contributed by atoms with Crippen molar-refractivity contribution in [2.75, 3.05) is 20.1 Å². The average molecular weight is 214 g/mol. The molecule has 0 heterocycles. The first-order chi connectivity index (χ1) is 6.97. The Kier molecular flexibility index (Phi) is 7.39. The number of nitrogens with zero attached hydrogens (tertiary/aromatic N) is 1. The van der Waals surface area contributed by atoms with Gasteiger partial charge in [-0.3, -0.25) is 4.79 Å². The van der Waals surface area contributed by atoms with Gasteiger partial charge in [0.15, 0.2) is 0 Å². The molecule has 0 fully saturated rings. The largest absolute Gasteiger partial charge is 0.346 e. The lowest BCUT2D eigenvalue weighted by molar-refractivity contribution is -0.130. The zero-order valence-electron chi connectivity index (χ0n) is 10.6. The van der Waals surface area contributed by atoms with Gasteiger partial charge in [0, 0.05) is 20.0 Å². The Hall–Kier alpha value is -0.570. The van der Waals surface area contributed by atoms with Crippen molar-refractivity contribution in [2.24, 2.45) is 17.6 Å². The highest BCUT2D eigenvalue weighted by Gasteiger charge is 2.11. The van der Waals surface area contributed by atoms with Crippen LogP contribution in [-0.2, 0) is 4.79 Å². The molecule has 15 heavy (non-hydrogen) atoms. The van der Waals surface area contributed by atoms with Gasteiger partial charge in [-0.15, -0.1) is 0 Å². The van der Waals surface area contributed by atoms with E-state index in [0.29, 0.717) is 18.9 Å². The molecule has 0 aromatic rings. The number of rotatable bonds is 7. The van der Waals surface area contributed by atoms with Gasteiger partial charge in [-0.25, -0.2) is 0 Å². The fourth-order valence-corrected chi connectivity index (χ4v) is 1.40. The SMILES string of the molecule is CC(C)CCCN(C)C(=O)CC(C)CN. The summed E-state index contributed by atoms with van der Waals surface area (Å²) in [5, 5.41) is 0. The third-order valence-corrected chi connectivity index (χ3v) is 2.63. The van der Waals surface area contributed by atoms with Crippen LogP contribution in [0.4, 0.5) is 0 Å². The maximum absolute atomic E-state index is 11.7. The minimum Gasteiger partial charge on any atom is -0.346 e. The molecule has 90 valence electrons. The standard InChI is InChI=1S/C12H26N2O/c1-10(2)6-5-7-14(4)12(15)8-11(3)9-13/h10-11H,5-9,13H2,1-4H3. The summed E-state index contributed by atoms with van der Waals surface area (Å²) in [5.74, 6) is 1.23. The maximum Gasteiger partial charge on any atom is 0.222 e. The monoisotopic (exact) mass is 214 g/mol. The molecule has 0 aliphatic rings. The van der Waals surface area contributed by atoms with Crippen LogP contribution >= 0.6 is 0 Å². The Morgan fingerprint density at radius 2 is 1.93 bits per heavy atom. The molecule has 1 unspecified atom stereocenters. The van der Waals surface area contributed by atoms with Crippen molar-refractivity contribution in [2.45, 2.75) is 40.0 Å². The second kappa shape index (κ2) is 7.69. The highest BCUT2D eigenvalue weighted by atomic mass is 16.2. The van der Waals surface area contributed by atoms with Gasteiger partial charge in [0.25, 0.3) is 0 Å². The van der Waals surface area contributed by atoms with Gasteiger partial charge in [0.2, 0.25) is 5.91 Å². The van der Waals surface area contributed by atoms with Crippen LogP contribution in [0.1, 0.15) is 40.0 Å². The van der Waals surface area contributed by atoms with Gasteiger partial charge in [0.05, 0.1) is 0 Å². The summed E-state index contributed by atoms with van der Waals surface area (Å²) in [6, 6.07) is 0. The summed E-state index contributed by atoms with van der Waals surface area (Å²) in [6.07, 6.45) is 2.86. The van der Waals surface area contributed by atoms with Crippen LogP contribution in [0.2, 0.25) is 0 Å². The summed E-state index contributed by atoms with van der Waals surface area (Å²) >= 11 is 0. The predicted octanol–water partition coefficient (Wildman–Crippen LogP) is 1.87. The van der Waals surface area contributed by atoms with Crippen LogP contribution in [0.25, 0.3) is 0 Å². The lowest BCUT2D eigenvalue weighted by Gasteiger charge is -2.19. The maximum atomic E-state index is 11.7. The molecule has 0 aromatic heterocycles. The zero-order chi connectivity index (χ0) is 11.8. The van der Waals surface area contributed by atoms with Crippen molar-refractivity contribution in [1.82, 2.24) is 4.90 Å². The van der Waals surface area contributed by atoms with Crippen LogP contribution in [0, 0.1) is 11.8 Å². The third-order valence-electron chi connectivity index (χ3n) is 2.63. The summed E-state index contributed by atoms with van der Waals surface area (Å²) in [4.78, 5) is 13.5. The topological polar surface area (TPSA) is 46.3 Å². The van der Waals surface area contributed by atoms with Gasteiger partial charge in [-0.1, -0.05) is 20.8 Å². The first kappa shape index (κ1) is 14.4. The Balaban J connectivity index is 3.69. The molecule has 0 radical (unpaired) electrons. The minimum absolute atomic E-state index is 0.219. The van der Waals surface area contributed by atoms with Crippen molar-refractivity contribution < 1.29 is 4.79 Å². The second-order valence-corrected chi connectivity index (χ2v) is 4.90. The number of carbonyl (C=O) groups excluding carboxylic acids is 1. The van der Waals surface area contributed by atoms with E-state index in [1.807, 2.05) is 18.9 Å². The van der Waals surface area contributed by atoms with Crippen LogP contribution in [0.3, 0.4) is 0 Å². The number of hydrogen-bond donors (Lipinski definition) is 1. The van der Waals surface area contributed by atoms with Gasteiger partial charge in [0.1, 0.15) is 0 Å². The molecule has 2 N–H and O–H groups in total. The number of carbonyl (C=O) groups is 1. The van der Waals surface area contributed by atoms with E-state index in [-0.39, 0.29) is 5.91 Å². The molecule has 0 aliphatic heterocycles. The van der Waals surface area contributed by atoms with Crippen LogP contribution in [0.15, 0.2) is 0 Å². The van der Waals surface area contributed by atoms with E-state index in [2.05, 4.69) is 13.8 Å². The van der Waals surface area contributed by atoms with Crippen LogP contribution < -0.4 is 5.73 Å². The molecule has 3 nitrogen and oxygen atoms in total. The van der Waals surface area contributed by atoms with Gasteiger partial charge in [-0.2, -0.15) is 0 Å². The van der Waals surface area contributed by atoms with Crippen molar-refractivity contribution in [3.63, 3.8) is 0 Å². The Labute approximate surface area is 94.0 Å². The summed E-state index contributed by atoms with van der Waals surface area (Å²) in [6.45, 7) is 7.89. The Morgan fingerprint density at radius 1 is 1.33 bits per heavy atom. The van der Waals surface area contributed by atoms with Crippen molar-refractivity contribution >= 4 is 5.91 Å². The smallest absolute Gasteiger partial charge is 0.222 e. The van der Waals surface area contributed by atoms with E-state index in [0.717, 1.165) is 18.9 Å². The molecule has 0 saturated carbocycles. The number of nitrogens with two attached hydrogens (primary N) is 1. The lowest BCUT2D eigenvalue weighted by Crippen LogP contribution is -2.30. The first-order valence-corrected chi connectivity index (χ1v) is 5.91. The molecule has 0 bridgehead atoms. The van der Waals surface area contributed by atoms with Gasteiger partial charge < -0.3 is 10.6 Å². The fourth-order valence-electron chi connectivity index (χ4n) is 1.40. The molecular weight excluding hydrogens is 188 g/mol. The Bertz CT molecular complexity index is 180. The van der Waals surface area contributed by atoms with Crippen molar-refractivity contribution in [3.05, 3.63) is 0 Å². The molecule has 1 amide bonds. The fraction of sp³-hybridized carbons (Fsp3) is 0.917. The summed E-state index contributed by atoms with van der Waals surface area (Å²) in [5.41, 5.74) is 5.49. The molecule has 0 aliphatic carbocycles. The van der Waals surface area contributed by atoms with E-state index < -0.39 is 0 Å². The lowest BCUT2D eigenvalue weighted by atomic mass is 10.1. The molecule has 0 rings (SSSR count). The summed E-state index contributed by atoms with van der Waals surface area (Å²) < 4.78 is 0. The first-order valence-electron chi connectivity index (χ1n) is 5.91. The van der Waals surface area contributed by atoms with E-state index in [1.54, 1.807) is 0 Å². The van der Waals surface area contributed by atoms with Crippen LogP contribution in [-0.4, -0.2) is 30.9 Å². The third kappa shape index (κ3) is 7.37. The highest BCUT2D eigenvalue weighted by Crippen LogP contribution is 2.06. The molecule has 0 spiro atoms. The number of amides is 1. The van der Waals surface area contributed by atoms with E-state index in [9.17, 15) is 4.79 Å². The van der Waals surface area contributed by atoms with Crippen molar-refractivity contribution in [3.8, 4) is 0 Å². The van der Waals surface area contributed by atoms with E-state index >= 15 is 0 Å². The molecule has 1 atom stereocenters. The molecular formula is C12H26N2O. The highest BCUT2D eigenvalue weighted by molar-refractivity contribution is 5.76. The second-order valence-electron chi connectivity index (χ2n) is 4.90. The van der Waals surface area contributed by atoms with Gasteiger partial charge in [-0.05, 0) is 31.2 Å². The molecule has 3 heteroatoms. The number of hydrogen-bond acceptors (Lipinski definition) is 2. The van der Waals surface area contributed by atoms with Gasteiger partial charge >= 0.3 is 0 Å². The predicted molar refractivity (Wildman–Crippen MR) is 64.5 cm³/mol. The Morgan fingerprint density at radius 3 is 2.40 bits per heavy atom. The van der Waals surface area contributed by atoms with Crippen LogP contribution in [0.5, 0.6) is 0 Å². The zero-order valence-corrected chi connectivity index (χ0v) is 10.6. The van der Waals surface area contributed by atoms with Crippen molar-refractivity contribution in [1.29, 1.82) is 0 Å².